The number of hydrogen-bond donors (Lipinski definition) is 1. The van der Waals surface area contributed by atoms with Crippen molar-refractivity contribution < 1.29 is 0 Å². The number of nitriles is 1. The Bertz CT molecular complexity index is 536. The van der Waals surface area contributed by atoms with Crippen LogP contribution >= 0.6 is 0 Å². The second-order valence-corrected chi connectivity index (χ2v) is 3.35. The predicted octanol–water partition coefficient (Wildman–Crippen LogP) is 3.63. The van der Waals surface area contributed by atoms with Gasteiger partial charge in [-0.1, -0.05) is 26.0 Å². The smallest absolute Gasteiger partial charge is 0.0998 e. The molecule has 0 saturated heterocycles. The number of fused-ring (bicyclic) bond motifs is 1. The summed E-state index contributed by atoms with van der Waals surface area (Å²) in [4.78, 5) is 0. The lowest BCUT2D eigenvalue weighted by molar-refractivity contribution is 1.47. The van der Waals surface area contributed by atoms with Crippen LogP contribution in [0.4, 0.5) is 5.69 Å². The molecule has 16 heavy (non-hydrogen) atoms. The second-order valence-electron chi connectivity index (χ2n) is 3.35. The Kier molecular flexibility index (Phi) is 3.90. The van der Waals surface area contributed by atoms with Crippen LogP contribution in [0.3, 0.4) is 0 Å². The average Bonchev–Trinajstić information content (AvgIpc) is 2.30. The zero-order valence-corrected chi connectivity index (χ0v) is 9.91. The number of rotatable bonds is 0. The minimum atomic E-state index is 0.708. The minimum absolute atomic E-state index is 0.708. The van der Waals surface area contributed by atoms with E-state index in [1.807, 2.05) is 51.1 Å². The predicted molar refractivity (Wildman–Crippen MR) is 69.2 cm³/mol. The lowest BCUT2D eigenvalue weighted by Gasteiger charge is -2.05. The van der Waals surface area contributed by atoms with Gasteiger partial charge in [-0.3, -0.25) is 0 Å². The third-order valence-corrected chi connectivity index (χ3v) is 2.32. The number of nitrogen functional groups attached to an aromatic ring is 1. The Hall–Kier alpha value is -2.01. The van der Waals surface area contributed by atoms with Gasteiger partial charge in [0, 0.05) is 11.1 Å². The highest BCUT2D eigenvalue weighted by Gasteiger charge is 2.03. The van der Waals surface area contributed by atoms with Crippen molar-refractivity contribution in [3.8, 4) is 6.07 Å². The summed E-state index contributed by atoms with van der Waals surface area (Å²) in [6, 6.07) is 11.6. The molecule has 0 saturated carbocycles. The van der Waals surface area contributed by atoms with Gasteiger partial charge in [0.05, 0.1) is 11.6 Å². The van der Waals surface area contributed by atoms with Gasteiger partial charge < -0.3 is 5.73 Å². The topological polar surface area (TPSA) is 49.8 Å². The van der Waals surface area contributed by atoms with Crippen LogP contribution in [0.15, 0.2) is 30.3 Å². The molecule has 0 aromatic heterocycles. The van der Waals surface area contributed by atoms with E-state index in [0.717, 1.165) is 22.0 Å². The van der Waals surface area contributed by atoms with E-state index >= 15 is 0 Å². The molecule has 2 N–H and O–H groups in total. The first-order chi connectivity index (χ1) is 7.72. The SMILES string of the molecule is CC.Cc1cc(N)cc2cccc(C#N)c12. The van der Waals surface area contributed by atoms with E-state index in [9.17, 15) is 0 Å². The van der Waals surface area contributed by atoms with Crippen LogP contribution in [0.5, 0.6) is 0 Å². The third kappa shape index (κ3) is 2.14. The van der Waals surface area contributed by atoms with Crippen molar-refractivity contribution in [2.45, 2.75) is 20.8 Å². The number of anilines is 1. The molecule has 2 rings (SSSR count). The monoisotopic (exact) mass is 212 g/mol. The first-order valence-corrected chi connectivity index (χ1v) is 5.41. The van der Waals surface area contributed by atoms with Gasteiger partial charge in [-0.2, -0.15) is 5.26 Å². The Morgan fingerprint density at radius 1 is 1.19 bits per heavy atom. The van der Waals surface area contributed by atoms with E-state index in [2.05, 4.69) is 6.07 Å². The molecule has 0 spiro atoms. The van der Waals surface area contributed by atoms with Crippen LogP contribution in [0.1, 0.15) is 25.0 Å². The first kappa shape index (κ1) is 12.1. The van der Waals surface area contributed by atoms with Gasteiger partial charge in [-0.25, -0.2) is 0 Å². The fourth-order valence-corrected chi connectivity index (χ4v) is 1.77. The third-order valence-electron chi connectivity index (χ3n) is 2.32. The summed E-state index contributed by atoms with van der Waals surface area (Å²) >= 11 is 0. The normalized spacial score (nSPS) is 9.12. The molecule has 0 amide bonds. The van der Waals surface area contributed by atoms with Crippen LogP contribution in [0.2, 0.25) is 0 Å². The van der Waals surface area contributed by atoms with Gasteiger partial charge in [0.15, 0.2) is 0 Å². The maximum atomic E-state index is 8.95. The molecule has 0 unspecified atom stereocenters. The van der Waals surface area contributed by atoms with Gasteiger partial charge in [-0.05, 0) is 36.1 Å². The van der Waals surface area contributed by atoms with Crippen LogP contribution in [-0.2, 0) is 0 Å². The standard InChI is InChI=1S/C12H10N2.C2H6/c1-8-5-11(14)6-9-3-2-4-10(7-13)12(8)9;1-2/h2-6H,14H2,1H3;1-2H3. The van der Waals surface area contributed by atoms with Crippen molar-refractivity contribution in [3.63, 3.8) is 0 Å². The zero-order valence-electron chi connectivity index (χ0n) is 9.91. The minimum Gasteiger partial charge on any atom is -0.399 e. The Labute approximate surface area is 96.3 Å². The molecule has 2 aromatic carbocycles. The lowest BCUT2D eigenvalue weighted by atomic mass is 10.00. The Balaban J connectivity index is 0.000000606. The molecule has 2 nitrogen and oxygen atoms in total. The van der Waals surface area contributed by atoms with Gasteiger partial charge in [0.1, 0.15) is 0 Å². The summed E-state index contributed by atoms with van der Waals surface area (Å²) < 4.78 is 0. The summed E-state index contributed by atoms with van der Waals surface area (Å²) in [5.74, 6) is 0. The highest BCUT2D eigenvalue weighted by atomic mass is 14.5. The van der Waals surface area contributed by atoms with Crippen molar-refractivity contribution in [2.75, 3.05) is 5.73 Å². The van der Waals surface area contributed by atoms with Crippen LogP contribution < -0.4 is 5.73 Å². The number of nitrogens with two attached hydrogens (primary N) is 1. The summed E-state index contributed by atoms with van der Waals surface area (Å²) in [5, 5.41) is 11.0. The largest absolute Gasteiger partial charge is 0.399 e. The van der Waals surface area contributed by atoms with Crippen LogP contribution in [0, 0.1) is 18.3 Å². The molecule has 82 valence electrons. The maximum Gasteiger partial charge on any atom is 0.0998 e. The van der Waals surface area contributed by atoms with Crippen molar-refractivity contribution in [2.24, 2.45) is 0 Å². The number of hydrogen-bond acceptors (Lipinski definition) is 2. The molecule has 0 atom stereocenters. The molecule has 0 aliphatic carbocycles. The molecular weight excluding hydrogens is 196 g/mol. The van der Waals surface area contributed by atoms with Crippen LogP contribution in [-0.4, -0.2) is 0 Å². The number of nitrogens with zero attached hydrogens (tertiary/aromatic N) is 1. The van der Waals surface area contributed by atoms with E-state index in [1.54, 1.807) is 0 Å². The molecule has 0 heterocycles. The summed E-state index contributed by atoms with van der Waals surface area (Å²) in [7, 11) is 0. The van der Waals surface area contributed by atoms with E-state index in [-0.39, 0.29) is 0 Å². The maximum absolute atomic E-state index is 8.95. The molecule has 0 aliphatic rings. The molecule has 0 aliphatic heterocycles. The molecule has 0 bridgehead atoms. The van der Waals surface area contributed by atoms with Gasteiger partial charge >= 0.3 is 0 Å². The Morgan fingerprint density at radius 3 is 2.50 bits per heavy atom. The molecule has 2 heteroatoms. The van der Waals surface area contributed by atoms with Crippen molar-refractivity contribution >= 4 is 16.5 Å². The summed E-state index contributed by atoms with van der Waals surface area (Å²) in [6.45, 7) is 5.97. The van der Waals surface area contributed by atoms with Crippen LogP contribution in [0.25, 0.3) is 10.8 Å². The fourth-order valence-electron chi connectivity index (χ4n) is 1.77. The average molecular weight is 212 g/mol. The van der Waals surface area contributed by atoms with Crippen molar-refractivity contribution in [3.05, 3.63) is 41.5 Å². The van der Waals surface area contributed by atoms with E-state index < -0.39 is 0 Å². The van der Waals surface area contributed by atoms with E-state index in [1.165, 1.54) is 0 Å². The molecular formula is C14H16N2. The lowest BCUT2D eigenvalue weighted by Crippen LogP contribution is -1.89. The van der Waals surface area contributed by atoms with Gasteiger partial charge in [0.2, 0.25) is 0 Å². The fraction of sp³-hybridized carbons (Fsp3) is 0.214. The second kappa shape index (κ2) is 5.18. The highest BCUT2D eigenvalue weighted by Crippen LogP contribution is 2.24. The molecule has 2 aromatic rings. The Morgan fingerprint density at radius 2 is 1.88 bits per heavy atom. The van der Waals surface area contributed by atoms with Crippen molar-refractivity contribution in [1.82, 2.24) is 0 Å². The number of aryl methyl sites for hydroxylation is 1. The highest BCUT2D eigenvalue weighted by molar-refractivity contribution is 5.92. The summed E-state index contributed by atoms with van der Waals surface area (Å²) in [6.07, 6.45) is 0. The first-order valence-electron chi connectivity index (χ1n) is 5.41. The van der Waals surface area contributed by atoms with E-state index in [0.29, 0.717) is 5.56 Å². The molecule has 0 radical (unpaired) electrons. The van der Waals surface area contributed by atoms with Crippen molar-refractivity contribution in [1.29, 1.82) is 5.26 Å². The number of benzene rings is 2. The quantitative estimate of drug-likeness (QED) is 0.678. The van der Waals surface area contributed by atoms with Gasteiger partial charge in [0.25, 0.3) is 0 Å². The summed E-state index contributed by atoms with van der Waals surface area (Å²) in [5.41, 5.74) is 8.24. The molecule has 0 fully saturated rings. The van der Waals surface area contributed by atoms with Gasteiger partial charge in [-0.15, -0.1) is 0 Å². The zero-order chi connectivity index (χ0) is 12.1. The van der Waals surface area contributed by atoms with E-state index in [4.69, 9.17) is 11.0 Å².